The summed E-state index contributed by atoms with van der Waals surface area (Å²) in [6, 6.07) is 18.2. The number of aliphatic imine (C=N–C) groups is 1. The number of halogens is 1. The maximum atomic E-state index is 5.72. The number of guanidine groups is 1. The predicted molar refractivity (Wildman–Crippen MR) is 130 cm³/mol. The Kier molecular flexibility index (Phi) is 9.59. The van der Waals surface area contributed by atoms with Gasteiger partial charge in [0, 0.05) is 19.2 Å². The van der Waals surface area contributed by atoms with Crippen LogP contribution in [0.4, 0.5) is 0 Å². The second kappa shape index (κ2) is 12.2. The Morgan fingerprint density at radius 1 is 1.00 bits per heavy atom. The fourth-order valence-electron chi connectivity index (χ4n) is 2.82. The lowest BCUT2D eigenvalue weighted by molar-refractivity contribution is 0.336. The summed E-state index contributed by atoms with van der Waals surface area (Å²) in [5.41, 5.74) is 2.23. The molecule has 0 unspecified atom stereocenters. The molecule has 30 heavy (non-hydrogen) atoms. The van der Waals surface area contributed by atoms with Crippen molar-refractivity contribution in [1.29, 1.82) is 0 Å². The molecular formula is C22H29IN6O. The fourth-order valence-corrected chi connectivity index (χ4v) is 2.82. The maximum absolute atomic E-state index is 5.72. The lowest BCUT2D eigenvalue weighted by Crippen LogP contribution is -2.37. The van der Waals surface area contributed by atoms with Gasteiger partial charge < -0.3 is 19.9 Å². The smallest absolute Gasteiger partial charge is 0.192 e. The summed E-state index contributed by atoms with van der Waals surface area (Å²) in [7, 11) is 1.96. The summed E-state index contributed by atoms with van der Waals surface area (Å²) in [6.45, 7) is 6.28. The molecule has 7 nitrogen and oxygen atoms in total. The van der Waals surface area contributed by atoms with Gasteiger partial charge in [0.1, 0.15) is 11.6 Å². The van der Waals surface area contributed by atoms with E-state index in [9.17, 15) is 0 Å². The van der Waals surface area contributed by atoms with Crippen molar-refractivity contribution in [3.8, 4) is 5.75 Å². The Labute approximate surface area is 195 Å². The molecule has 3 rings (SSSR count). The van der Waals surface area contributed by atoms with Crippen molar-refractivity contribution in [3.63, 3.8) is 0 Å². The molecule has 0 atom stereocenters. The molecule has 0 bridgehead atoms. The molecule has 3 aromatic rings. The third-order valence-corrected chi connectivity index (χ3v) is 4.58. The third kappa shape index (κ3) is 6.72. The van der Waals surface area contributed by atoms with E-state index in [2.05, 4.69) is 39.0 Å². The Hall–Kier alpha value is -2.62. The van der Waals surface area contributed by atoms with Crippen LogP contribution in [0.15, 0.2) is 59.6 Å². The molecule has 1 heterocycles. The highest BCUT2D eigenvalue weighted by molar-refractivity contribution is 14.0. The quantitative estimate of drug-likeness (QED) is 0.270. The van der Waals surface area contributed by atoms with Crippen LogP contribution in [0, 0.1) is 6.92 Å². The van der Waals surface area contributed by atoms with Crippen molar-refractivity contribution in [3.05, 3.63) is 77.4 Å². The highest BCUT2D eigenvalue weighted by Crippen LogP contribution is 2.17. The molecule has 0 aliphatic carbocycles. The van der Waals surface area contributed by atoms with Gasteiger partial charge in [-0.3, -0.25) is 0 Å². The van der Waals surface area contributed by atoms with E-state index in [1.165, 1.54) is 0 Å². The molecule has 0 saturated carbocycles. The van der Waals surface area contributed by atoms with Crippen molar-refractivity contribution >= 4 is 29.9 Å². The van der Waals surface area contributed by atoms with E-state index in [1.54, 1.807) is 0 Å². The van der Waals surface area contributed by atoms with E-state index in [0.717, 1.165) is 28.5 Å². The van der Waals surface area contributed by atoms with Crippen LogP contribution in [0.25, 0.3) is 0 Å². The number of nitrogens with zero attached hydrogens (tertiary/aromatic N) is 4. The number of para-hydroxylation sites is 1. The summed E-state index contributed by atoms with van der Waals surface area (Å²) in [6.07, 6.45) is 0. The van der Waals surface area contributed by atoms with Gasteiger partial charge in [-0.2, -0.15) is 0 Å². The molecule has 1 aromatic heterocycles. The van der Waals surface area contributed by atoms with Crippen LogP contribution in [-0.4, -0.2) is 27.3 Å². The highest BCUT2D eigenvalue weighted by atomic mass is 127. The number of benzene rings is 2. The van der Waals surface area contributed by atoms with Gasteiger partial charge in [0.05, 0.1) is 19.7 Å². The first kappa shape index (κ1) is 23.7. The van der Waals surface area contributed by atoms with Crippen LogP contribution in [0.1, 0.15) is 29.7 Å². The van der Waals surface area contributed by atoms with Gasteiger partial charge in [0.25, 0.3) is 0 Å². The van der Waals surface area contributed by atoms with Crippen LogP contribution < -0.4 is 15.4 Å². The number of nitrogens with one attached hydrogen (secondary N) is 2. The van der Waals surface area contributed by atoms with E-state index in [4.69, 9.17) is 9.73 Å². The van der Waals surface area contributed by atoms with E-state index in [-0.39, 0.29) is 24.0 Å². The van der Waals surface area contributed by atoms with Crippen molar-refractivity contribution in [2.45, 2.75) is 33.5 Å². The molecule has 0 radical (unpaired) electrons. The second-order valence-corrected chi connectivity index (χ2v) is 6.62. The summed E-state index contributed by atoms with van der Waals surface area (Å²) in [4.78, 5) is 4.73. The predicted octanol–water partition coefficient (Wildman–Crippen LogP) is 3.58. The Morgan fingerprint density at radius 2 is 1.70 bits per heavy atom. The van der Waals surface area contributed by atoms with E-state index in [0.29, 0.717) is 32.2 Å². The zero-order valence-corrected chi connectivity index (χ0v) is 20.0. The number of hydrogen-bond donors (Lipinski definition) is 2. The Morgan fingerprint density at radius 3 is 2.40 bits per heavy atom. The lowest BCUT2D eigenvalue weighted by atomic mass is 10.2. The molecule has 0 spiro atoms. The number of aryl methyl sites for hydroxylation is 1. The molecule has 2 N–H and O–H groups in total. The monoisotopic (exact) mass is 520 g/mol. The largest absolute Gasteiger partial charge is 0.494 e. The van der Waals surface area contributed by atoms with Crippen LogP contribution >= 0.6 is 24.0 Å². The Balaban J connectivity index is 0.00000320. The summed E-state index contributed by atoms with van der Waals surface area (Å²) in [5.74, 6) is 3.32. The summed E-state index contributed by atoms with van der Waals surface area (Å²) in [5, 5.41) is 15.1. The van der Waals surface area contributed by atoms with E-state index >= 15 is 0 Å². The number of aromatic nitrogens is 3. The normalized spacial score (nSPS) is 11.0. The first-order valence-electron chi connectivity index (χ1n) is 9.79. The second-order valence-electron chi connectivity index (χ2n) is 6.62. The fraction of sp³-hybridized carbons (Fsp3) is 0.318. The molecule has 0 fully saturated rings. The standard InChI is InChI=1S/C22H28N6O.HI/c1-4-29-20-13-9-8-12-19(20)15-24-22(23-14-18-10-6-5-7-11-18)25-16-21-27-26-17(2)28(21)3;/h5-13H,4,14-16H2,1-3H3,(H2,23,24,25);1H. The van der Waals surface area contributed by atoms with E-state index < -0.39 is 0 Å². The van der Waals surface area contributed by atoms with Gasteiger partial charge >= 0.3 is 0 Å². The lowest BCUT2D eigenvalue weighted by Gasteiger charge is -2.15. The number of rotatable bonds is 8. The van der Waals surface area contributed by atoms with Crippen molar-refractivity contribution in [2.24, 2.45) is 12.0 Å². The third-order valence-electron chi connectivity index (χ3n) is 4.58. The molecular weight excluding hydrogens is 491 g/mol. The van der Waals surface area contributed by atoms with Crippen molar-refractivity contribution in [2.75, 3.05) is 6.61 Å². The van der Waals surface area contributed by atoms with Gasteiger partial charge in [0.15, 0.2) is 11.8 Å². The molecule has 8 heteroatoms. The highest BCUT2D eigenvalue weighted by Gasteiger charge is 2.08. The minimum absolute atomic E-state index is 0. The maximum Gasteiger partial charge on any atom is 0.192 e. The zero-order valence-electron chi connectivity index (χ0n) is 17.6. The Bertz CT molecular complexity index is 942. The SMILES string of the molecule is CCOc1ccccc1CNC(=NCc1ccccc1)NCc1nnc(C)n1C.I. The van der Waals surface area contributed by atoms with Gasteiger partial charge in [0.2, 0.25) is 0 Å². The number of ether oxygens (including phenoxy) is 1. The first-order valence-corrected chi connectivity index (χ1v) is 9.79. The van der Waals surface area contributed by atoms with Crippen LogP contribution in [0.5, 0.6) is 5.75 Å². The number of hydrogen-bond acceptors (Lipinski definition) is 4. The average molecular weight is 520 g/mol. The molecule has 0 saturated heterocycles. The molecule has 0 aliphatic rings. The first-order chi connectivity index (χ1) is 14.2. The van der Waals surface area contributed by atoms with Crippen LogP contribution in [0.3, 0.4) is 0 Å². The van der Waals surface area contributed by atoms with Gasteiger partial charge in [-0.05, 0) is 25.5 Å². The molecule has 2 aromatic carbocycles. The summed E-state index contributed by atoms with van der Waals surface area (Å²) >= 11 is 0. The van der Waals surface area contributed by atoms with E-state index in [1.807, 2.05) is 61.9 Å². The van der Waals surface area contributed by atoms with Crippen LogP contribution in [-0.2, 0) is 26.7 Å². The topological polar surface area (TPSA) is 76.4 Å². The molecule has 0 amide bonds. The van der Waals surface area contributed by atoms with Gasteiger partial charge in [-0.15, -0.1) is 34.2 Å². The van der Waals surface area contributed by atoms with Crippen LogP contribution in [0.2, 0.25) is 0 Å². The molecule has 0 aliphatic heterocycles. The minimum atomic E-state index is 0. The van der Waals surface area contributed by atoms with Gasteiger partial charge in [-0.25, -0.2) is 4.99 Å². The minimum Gasteiger partial charge on any atom is -0.494 e. The average Bonchev–Trinajstić information content (AvgIpc) is 3.07. The van der Waals surface area contributed by atoms with Crippen molar-refractivity contribution in [1.82, 2.24) is 25.4 Å². The summed E-state index contributed by atoms with van der Waals surface area (Å²) < 4.78 is 7.69. The van der Waals surface area contributed by atoms with Gasteiger partial charge in [-0.1, -0.05) is 48.5 Å². The zero-order chi connectivity index (χ0) is 20.5. The molecule has 160 valence electrons. The van der Waals surface area contributed by atoms with Crippen molar-refractivity contribution < 1.29 is 4.74 Å².